The van der Waals surface area contributed by atoms with Crippen molar-refractivity contribution in [3.05, 3.63) is 42.2 Å². The average Bonchev–Trinajstić information content (AvgIpc) is 3.25. The van der Waals surface area contributed by atoms with Crippen molar-refractivity contribution in [2.24, 2.45) is 0 Å². The number of amides is 1. The van der Waals surface area contributed by atoms with Crippen LogP contribution in [0, 0.1) is 0 Å². The molecule has 7 heteroatoms. The molecule has 2 unspecified atom stereocenters. The molecule has 3 rings (SSSR count). The Morgan fingerprint density at radius 1 is 1.22 bits per heavy atom. The monoisotopic (exact) mass is 316 g/mol. The highest BCUT2D eigenvalue weighted by molar-refractivity contribution is 5.96. The first-order chi connectivity index (χ1) is 11.2. The highest BCUT2D eigenvalue weighted by Crippen LogP contribution is 2.29. The fourth-order valence-electron chi connectivity index (χ4n) is 2.62. The van der Waals surface area contributed by atoms with Crippen molar-refractivity contribution < 1.29 is 14.3 Å². The first kappa shape index (κ1) is 15.4. The van der Waals surface area contributed by atoms with Gasteiger partial charge in [0.2, 0.25) is 5.91 Å². The van der Waals surface area contributed by atoms with Crippen LogP contribution in [-0.4, -0.2) is 31.2 Å². The van der Waals surface area contributed by atoms with Crippen LogP contribution in [0.1, 0.15) is 18.2 Å². The van der Waals surface area contributed by atoms with Gasteiger partial charge in [-0.3, -0.25) is 4.79 Å². The van der Waals surface area contributed by atoms with E-state index < -0.39 is 0 Å². The number of ether oxygens (including phenoxy) is 2. The van der Waals surface area contributed by atoms with Crippen molar-refractivity contribution in [2.45, 2.75) is 18.5 Å². The molecule has 1 fully saturated rings. The molecule has 1 aromatic carbocycles. The molecule has 1 aromatic heterocycles. The van der Waals surface area contributed by atoms with Crippen molar-refractivity contribution in [1.29, 1.82) is 0 Å². The van der Waals surface area contributed by atoms with E-state index in [-0.39, 0.29) is 18.0 Å². The minimum absolute atomic E-state index is 0.0768. The molecule has 0 bridgehead atoms. The van der Waals surface area contributed by atoms with Gasteiger partial charge in [-0.1, -0.05) is 0 Å². The molecule has 0 spiro atoms. The van der Waals surface area contributed by atoms with Crippen molar-refractivity contribution in [2.75, 3.05) is 19.5 Å². The molecule has 122 valence electrons. The average molecular weight is 316 g/mol. The predicted octanol–water partition coefficient (Wildman–Crippen LogP) is 1.58. The van der Waals surface area contributed by atoms with Crippen LogP contribution in [0.3, 0.4) is 0 Å². The zero-order valence-electron chi connectivity index (χ0n) is 13.1. The third-order valence-electron chi connectivity index (χ3n) is 3.88. The van der Waals surface area contributed by atoms with Gasteiger partial charge < -0.3 is 19.8 Å². The second-order valence-electron chi connectivity index (χ2n) is 5.31. The molecule has 4 N–H and O–H groups in total. The second-order valence-corrected chi connectivity index (χ2v) is 5.31. The molecule has 2 heterocycles. The molecule has 0 radical (unpaired) electrons. The zero-order valence-corrected chi connectivity index (χ0v) is 13.1. The first-order valence-electron chi connectivity index (χ1n) is 7.38. The number of methoxy groups -OCH3 is 2. The summed E-state index contributed by atoms with van der Waals surface area (Å²) < 4.78 is 10.5. The summed E-state index contributed by atoms with van der Waals surface area (Å²) in [5, 5.41) is 2.89. The van der Waals surface area contributed by atoms with E-state index in [0.29, 0.717) is 23.6 Å². The summed E-state index contributed by atoms with van der Waals surface area (Å²) in [6.45, 7) is 0. The minimum Gasteiger partial charge on any atom is -0.497 e. The summed E-state index contributed by atoms with van der Waals surface area (Å²) in [5.74, 6) is 1.12. The van der Waals surface area contributed by atoms with Gasteiger partial charge in [-0.2, -0.15) is 0 Å². The van der Waals surface area contributed by atoms with E-state index in [2.05, 4.69) is 21.2 Å². The molecule has 0 aliphatic carbocycles. The summed E-state index contributed by atoms with van der Waals surface area (Å²) >= 11 is 0. The first-order valence-corrected chi connectivity index (χ1v) is 7.38. The summed E-state index contributed by atoms with van der Waals surface area (Å²) in [7, 11) is 3.14. The van der Waals surface area contributed by atoms with Crippen molar-refractivity contribution in [1.82, 2.24) is 15.8 Å². The molecule has 2 aromatic rings. The number of carbonyl (C=O) groups is 1. The second kappa shape index (κ2) is 6.72. The smallest absolute Gasteiger partial charge is 0.243 e. The Morgan fingerprint density at radius 2 is 2.09 bits per heavy atom. The van der Waals surface area contributed by atoms with Crippen LogP contribution in [0.2, 0.25) is 0 Å². The van der Waals surface area contributed by atoms with Gasteiger partial charge in [0.1, 0.15) is 17.5 Å². The molecule has 1 saturated heterocycles. The van der Waals surface area contributed by atoms with E-state index >= 15 is 0 Å². The topological polar surface area (TPSA) is 87.4 Å². The van der Waals surface area contributed by atoms with Crippen LogP contribution in [0.4, 0.5) is 5.69 Å². The van der Waals surface area contributed by atoms with E-state index in [1.165, 1.54) is 0 Å². The van der Waals surface area contributed by atoms with E-state index in [1.807, 2.05) is 18.3 Å². The van der Waals surface area contributed by atoms with Crippen LogP contribution in [0.15, 0.2) is 36.5 Å². The molecule has 2 atom stereocenters. The predicted molar refractivity (Wildman–Crippen MR) is 86.4 cm³/mol. The van der Waals surface area contributed by atoms with Crippen LogP contribution in [0.5, 0.6) is 11.5 Å². The largest absolute Gasteiger partial charge is 0.497 e. The van der Waals surface area contributed by atoms with Crippen LogP contribution in [0.25, 0.3) is 0 Å². The Kier molecular flexibility index (Phi) is 4.50. The molecule has 7 nitrogen and oxygen atoms in total. The molecular weight excluding hydrogens is 296 g/mol. The number of hydrogen-bond donors (Lipinski definition) is 4. The number of anilines is 1. The van der Waals surface area contributed by atoms with Gasteiger partial charge >= 0.3 is 0 Å². The highest BCUT2D eigenvalue weighted by atomic mass is 16.5. The Balaban J connectivity index is 1.68. The summed E-state index contributed by atoms with van der Waals surface area (Å²) in [6, 6.07) is 8.95. The number of carbonyl (C=O) groups excluding carboxylic acids is 1. The van der Waals surface area contributed by atoms with E-state index in [1.54, 1.807) is 32.4 Å². The maximum atomic E-state index is 12.5. The van der Waals surface area contributed by atoms with E-state index in [9.17, 15) is 4.79 Å². The third kappa shape index (κ3) is 3.30. The minimum atomic E-state index is -0.334. The standard InChI is InChI=1S/C16H20N4O3/c1-22-10-5-6-15(23-2)13(8-10)18-16(21)14-9-12(19-20-14)11-4-3-7-17-11/h3-8,12,14,17,19-20H,9H2,1-2H3,(H,18,21). The number of aromatic nitrogens is 1. The third-order valence-corrected chi connectivity index (χ3v) is 3.88. The number of nitrogens with one attached hydrogen (secondary N) is 4. The highest BCUT2D eigenvalue weighted by Gasteiger charge is 2.31. The maximum absolute atomic E-state index is 12.5. The maximum Gasteiger partial charge on any atom is 0.243 e. The van der Waals surface area contributed by atoms with Gasteiger partial charge in [-0.15, -0.1) is 0 Å². The lowest BCUT2D eigenvalue weighted by molar-refractivity contribution is -0.117. The molecule has 1 aliphatic heterocycles. The Bertz CT molecular complexity index is 672. The molecule has 1 aliphatic rings. The number of aromatic amines is 1. The van der Waals surface area contributed by atoms with Crippen molar-refractivity contribution >= 4 is 11.6 Å². The Hall–Kier alpha value is -2.51. The molecule has 0 saturated carbocycles. The number of rotatable bonds is 5. The fraction of sp³-hybridized carbons (Fsp3) is 0.312. The van der Waals surface area contributed by atoms with Gasteiger partial charge in [0.05, 0.1) is 25.9 Å². The van der Waals surface area contributed by atoms with E-state index in [4.69, 9.17) is 9.47 Å². The van der Waals surface area contributed by atoms with Crippen LogP contribution in [-0.2, 0) is 4.79 Å². The van der Waals surface area contributed by atoms with Crippen molar-refractivity contribution in [3.8, 4) is 11.5 Å². The summed E-state index contributed by atoms with van der Waals surface area (Å²) in [4.78, 5) is 15.6. The van der Waals surface area contributed by atoms with Gasteiger partial charge in [0.15, 0.2) is 0 Å². The Labute approximate surface area is 134 Å². The Morgan fingerprint density at radius 3 is 2.78 bits per heavy atom. The lowest BCUT2D eigenvalue weighted by Gasteiger charge is -2.14. The summed E-state index contributed by atoms with van der Waals surface area (Å²) in [5.41, 5.74) is 7.79. The van der Waals surface area contributed by atoms with Gasteiger partial charge in [-0.25, -0.2) is 10.9 Å². The van der Waals surface area contributed by atoms with Gasteiger partial charge in [0, 0.05) is 18.0 Å². The summed E-state index contributed by atoms with van der Waals surface area (Å²) in [6.07, 6.45) is 2.52. The number of benzene rings is 1. The number of hydrazine groups is 1. The van der Waals surface area contributed by atoms with Crippen LogP contribution >= 0.6 is 0 Å². The number of H-pyrrole nitrogens is 1. The molecule has 23 heavy (non-hydrogen) atoms. The zero-order chi connectivity index (χ0) is 16.2. The lowest BCUT2D eigenvalue weighted by atomic mass is 10.1. The lowest BCUT2D eigenvalue weighted by Crippen LogP contribution is -2.39. The fourth-order valence-corrected chi connectivity index (χ4v) is 2.62. The molecule has 1 amide bonds. The van der Waals surface area contributed by atoms with Crippen LogP contribution < -0.4 is 25.6 Å². The van der Waals surface area contributed by atoms with Gasteiger partial charge in [0.25, 0.3) is 0 Å². The molecular formula is C16H20N4O3. The SMILES string of the molecule is COc1ccc(OC)c(NC(=O)C2CC(c3ccc[nH]3)NN2)c1. The quantitative estimate of drug-likeness (QED) is 0.673. The normalized spacial score (nSPS) is 20.3. The van der Waals surface area contributed by atoms with Gasteiger partial charge in [-0.05, 0) is 30.7 Å². The van der Waals surface area contributed by atoms with E-state index in [0.717, 1.165) is 5.69 Å². The van der Waals surface area contributed by atoms with Crippen molar-refractivity contribution in [3.63, 3.8) is 0 Å². The number of hydrogen-bond acceptors (Lipinski definition) is 5.